The van der Waals surface area contributed by atoms with Gasteiger partial charge in [0.05, 0.1) is 12.8 Å². The zero-order valence-corrected chi connectivity index (χ0v) is 16.1. The molecule has 2 aromatic rings. The number of hydrazone groups is 1. The third kappa shape index (κ3) is 5.60. The van der Waals surface area contributed by atoms with Gasteiger partial charge in [-0.05, 0) is 50.1 Å². The summed E-state index contributed by atoms with van der Waals surface area (Å²) in [6, 6.07) is 11.5. The van der Waals surface area contributed by atoms with Gasteiger partial charge in [0.1, 0.15) is 11.5 Å². The van der Waals surface area contributed by atoms with Gasteiger partial charge in [-0.1, -0.05) is 34.1 Å². The second-order valence-electron chi connectivity index (χ2n) is 5.42. The molecule has 0 aliphatic carbocycles. The third-order valence-corrected chi connectivity index (χ3v) is 3.91. The summed E-state index contributed by atoms with van der Waals surface area (Å²) in [6.45, 7) is 6.26. The number of hydrogen-bond acceptors (Lipinski definition) is 4. The number of para-hydroxylation sites is 1. The highest BCUT2D eigenvalue weighted by atomic mass is 79.9. The minimum absolute atomic E-state index is 0.0974. The topological polar surface area (TPSA) is 59.9 Å². The predicted octanol–water partition coefficient (Wildman–Crippen LogP) is 3.99. The number of nitrogens with one attached hydrogen (secondary N) is 1. The van der Waals surface area contributed by atoms with Crippen LogP contribution in [-0.2, 0) is 4.79 Å². The Morgan fingerprint density at radius 1 is 1.20 bits per heavy atom. The van der Waals surface area contributed by atoms with Crippen molar-refractivity contribution in [2.45, 2.75) is 20.8 Å². The molecular formula is C19H21BrN2O3. The second-order valence-corrected chi connectivity index (χ2v) is 6.33. The van der Waals surface area contributed by atoms with E-state index >= 15 is 0 Å². The fraction of sp³-hybridized carbons (Fsp3) is 0.263. The van der Waals surface area contributed by atoms with E-state index in [0.29, 0.717) is 12.4 Å². The van der Waals surface area contributed by atoms with Gasteiger partial charge in [-0.25, -0.2) is 5.43 Å². The van der Waals surface area contributed by atoms with Crippen molar-refractivity contribution in [3.8, 4) is 11.5 Å². The molecule has 0 fully saturated rings. The molecule has 0 atom stereocenters. The first-order valence-electron chi connectivity index (χ1n) is 7.94. The van der Waals surface area contributed by atoms with Crippen LogP contribution >= 0.6 is 15.9 Å². The lowest BCUT2D eigenvalue weighted by molar-refractivity contribution is -0.123. The van der Waals surface area contributed by atoms with Crippen molar-refractivity contribution in [2.75, 3.05) is 13.2 Å². The molecule has 5 nitrogen and oxygen atoms in total. The van der Waals surface area contributed by atoms with Gasteiger partial charge in [0.25, 0.3) is 5.91 Å². The molecule has 0 aromatic heterocycles. The molecule has 0 saturated heterocycles. The maximum absolute atomic E-state index is 11.9. The number of aryl methyl sites for hydroxylation is 2. The van der Waals surface area contributed by atoms with Crippen LogP contribution in [0, 0.1) is 13.8 Å². The zero-order valence-electron chi connectivity index (χ0n) is 14.5. The van der Waals surface area contributed by atoms with E-state index in [4.69, 9.17) is 9.47 Å². The number of benzene rings is 2. The molecule has 0 bridgehead atoms. The SMILES string of the molecule is CCOc1ccc(Br)cc1/C=N\NC(=O)COc1c(C)cccc1C. The number of halogens is 1. The number of amides is 1. The number of carbonyl (C=O) groups excluding carboxylic acids is 1. The molecule has 2 rings (SSSR count). The van der Waals surface area contributed by atoms with E-state index in [1.54, 1.807) is 6.21 Å². The van der Waals surface area contributed by atoms with Crippen LogP contribution in [-0.4, -0.2) is 25.3 Å². The Balaban J connectivity index is 1.94. The van der Waals surface area contributed by atoms with Gasteiger partial charge in [0.2, 0.25) is 0 Å². The van der Waals surface area contributed by atoms with Crippen molar-refractivity contribution >= 4 is 28.1 Å². The third-order valence-electron chi connectivity index (χ3n) is 3.42. The number of nitrogens with zero attached hydrogens (tertiary/aromatic N) is 1. The monoisotopic (exact) mass is 404 g/mol. The van der Waals surface area contributed by atoms with E-state index in [2.05, 4.69) is 26.5 Å². The molecule has 0 aliphatic rings. The first kappa shape index (κ1) is 19.0. The zero-order chi connectivity index (χ0) is 18.2. The summed E-state index contributed by atoms with van der Waals surface area (Å²) < 4.78 is 12.0. The van der Waals surface area contributed by atoms with Crippen LogP contribution in [0.5, 0.6) is 11.5 Å². The molecule has 0 spiro atoms. The lowest BCUT2D eigenvalue weighted by atomic mass is 10.1. The molecule has 0 aliphatic heterocycles. The van der Waals surface area contributed by atoms with Gasteiger partial charge >= 0.3 is 0 Å². The van der Waals surface area contributed by atoms with Crippen molar-refractivity contribution < 1.29 is 14.3 Å². The summed E-state index contributed by atoms with van der Waals surface area (Å²) in [6.07, 6.45) is 1.55. The second kappa shape index (κ2) is 9.22. The fourth-order valence-electron chi connectivity index (χ4n) is 2.28. The van der Waals surface area contributed by atoms with Crippen LogP contribution < -0.4 is 14.9 Å². The number of ether oxygens (including phenoxy) is 2. The van der Waals surface area contributed by atoms with Crippen LogP contribution in [0.1, 0.15) is 23.6 Å². The molecule has 0 unspecified atom stereocenters. The summed E-state index contributed by atoms with van der Waals surface area (Å²) in [4.78, 5) is 11.9. The van der Waals surface area contributed by atoms with Gasteiger partial charge in [-0.3, -0.25) is 4.79 Å². The number of carbonyl (C=O) groups is 1. The Hall–Kier alpha value is -2.34. The Labute approximate surface area is 156 Å². The average Bonchev–Trinajstić information content (AvgIpc) is 2.57. The first-order chi connectivity index (χ1) is 12.0. The molecular weight excluding hydrogens is 384 g/mol. The Morgan fingerprint density at radius 3 is 2.60 bits per heavy atom. The van der Waals surface area contributed by atoms with Crippen LogP contribution in [0.3, 0.4) is 0 Å². The van der Waals surface area contributed by atoms with Crippen molar-refractivity contribution in [3.63, 3.8) is 0 Å². The maximum Gasteiger partial charge on any atom is 0.277 e. The Kier molecular flexibility index (Phi) is 7.01. The largest absolute Gasteiger partial charge is 0.493 e. The molecule has 132 valence electrons. The highest BCUT2D eigenvalue weighted by molar-refractivity contribution is 9.10. The Bertz CT molecular complexity index is 755. The quantitative estimate of drug-likeness (QED) is 0.560. The van der Waals surface area contributed by atoms with Crippen molar-refractivity contribution in [2.24, 2.45) is 5.10 Å². The van der Waals surface area contributed by atoms with E-state index in [0.717, 1.165) is 26.9 Å². The van der Waals surface area contributed by atoms with Crippen LogP contribution in [0.15, 0.2) is 46.0 Å². The summed E-state index contributed by atoms with van der Waals surface area (Å²) in [5.41, 5.74) is 5.22. The van der Waals surface area contributed by atoms with Gasteiger partial charge in [-0.15, -0.1) is 0 Å². The lowest BCUT2D eigenvalue weighted by Crippen LogP contribution is -2.25. The van der Waals surface area contributed by atoms with E-state index in [9.17, 15) is 4.79 Å². The number of hydrogen-bond donors (Lipinski definition) is 1. The molecule has 6 heteroatoms. The minimum atomic E-state index is -0.327. The summed E-state index contributed by atoms with van der Waals surface area (Å²) in [5, 5.41) is 3.98. The van der Waals surface area contributed by atoms with Crippen molar-refractivity contribution in [1.82, 2.24) is 5.43 Å². The smallest absolute Gasteiger partial charge is 0.277 e. The van der Waals surface area contributed by atoms with Crippen molar-refractivity contribution in [3.05, 3.63) is 57.6 Å². The van der Waals surface area contributed by atoms with Crippen LogP contribution in [0.25, 0.3) is 0 Å². The number of rotatable bonds is 7. The standard InChI is InChI=1S/C19H21BrN2O3/c1-4-24-17-9-8-16(20)10-15(17)11-21-22-18(23)12-25-19-13(2)6-5-7-14(19)3/h5-11H,4,12H2,1-3H3,(H,22,23)/b21-11-. The summed E-state index contributed by atoms with van der Waals surface area (Å²) in [7, 11) is 0. The van der Waals surface area contributed by atoms with Crippen LogP contribution in [0.4, 0.5) is 0 Å². The van der Waals surface area contributed by atoms with Gasteiger partial charge in [0.15, 0.2) is 6.61 Å². The van der Waals surface area contributed by atoms with Gasteiger partial charge < -0.3 is 9.47 Å². The Morgan fingerprint density at radius 2 is 1.92 bits per heavy atom. The normalized spacial score (nSPS) is 10.7. The molecule has 1 N–H and O–H groups in total. The highest BCUT2D eigenvalue weighted by Gasteiger charge is 2.07. The van der Waals surface area contributed by atoms with E-state index < -0.39 is 0 Å². The predicted molar refractivity (Wildman–Crippen MR) is 102 cm³/mol. The van der Waals surface area contributed by atoms with Gasteiger partial charge in [0, 0.05) is 10.0 Å². The molecule has 0 saturated carbocycles. The van der Waals surface area contributed by atoms with E-state index in [1.807, 2.05) is 57.2 Å². The maximum atomic E-state index is 11.9. The minimum Gasteiger partial charge on any atom is -0.493 e. The van der Waals surface area contributed by atoms with Crippen LogP contribution in [0.2, 0.25) is 0 Å². The highest BCUT2D eigenvalue weighted by Crippen LogP contribution is 2.22. The molecule has 25 heavy (non-hydrogen) atoms. The van der Waals surface area contributed by atoms with E-state index in [-0.39, 0.29) is 12.5 Å². The molecule has 0 radical (unpaired) electrons. The van der Waals surface area contributed by atoms with E-state index in [1.165, 1.54) is 0 Å². The van der Waals surface area contributed by atoms with Gasteiger partial charge in [-0.2, -0.15) is 5.10 Å². The molecule has 2 aromatic carbocycles. The molecule has 1 amide bonds. The lowest BCUT2D eigenvalue weighted by Gasteiger charge is -2.11. The summed E-state index contributed by atoms with van der Waals surface area (Å²) >= 11 is 3.41. The average molecular weight is 405 g/mol. The summed E-state index contributed by atoms with van der Waals surface area (Å²) in [5.74, 6) is 1.11. The first-order valence-corrected chi connectivity index (χ1v) is 8.73. The van der Waals surface area contributed by atoms with Crippen molar-refractivity contribution in [1.29, 1.82) is 0 Å². The fourth-order valence-corrected chi connectivity index (χ4v) is 2.66. The molecule has 0 heterocycles.